The zero-order valence-corrected chi connectivity index (χ0v) is 10.4. The normalized spacial score (nSPS) is 14.2. The maximum absolute atomic E-state index is 5.15. The minimum atomic E-state index is 0.326. The largest absolute Gasteiger partial charge is 0.497 e. The second kappa shape index (κ2) is 6.33. The molecule has 0 saturated carbocycles. The molecule has 2 atom stereocenters. The van der Waals surface area contributed by atoms with Gasteiger partial charge in [0.15, 0.2) is 0 Å². The fourth-order valence-corrected chi connectivity index (χ4v) is 1.67. The van der Waals surface area contributed by atoms with Crippen molar-refractivity contribution in [1.29, 1.82) is 0 Å². The predicted molar refractivity (Wildman–Crippen MR) is 68.8 cm³/mol. The minimum Gasteiger partial charge on any atom is -0.497 e. The van der Waals surface area contributed by atoms with Gasteiger partial charge in [0, 0.05) is 12.1 Å². The molecular weight excluding hydrogens is 198 g/mol. The van der Waals surface area contributed by atoms with Gasteiger partial charge in [-0.3, -0.25) is 0 Å². The van der Waals surface area contributed by atoms with Gasteiger partial charge in [-0.25, -0.2) is 0 Å². The average molecular weight is 219 g/mol. The molecule has 0 saturated heterocycles. The first-order valence-corrected chi connectivity index (χ1v) is 5.73. The Bertz CT molecular complexity index is 318. The number of nitrogens with one attached hydrogen (secondary N) is 1. The van der Waals surface area contributed by atoms with E-state index >= 15 is 0 Å². The molecule has 0 spiro atoms. The van der Waals surface area contributed by atoms with Gasteiger partial charge in [0.2, 0.25) is 0 Å². The standard InChI is InChI=1S/C14H21NO/c1-5-11(3)15-14(6-2)12-7-9-13(16-4)10-8-12/h5,7-11,14-15H,1,6H2,2-4H3. The Labute approximate surface area is 98.3 Å². The summed E-state index contributed by atoms with van der Waals surface area (Å²) in [6.45, 7) is 8.08. The summed E-state index contributed by atoms with van der Waals surface area (Å²) in [6, 6.07) is 8.91. The Hall–Kier alpha value is -1.28. The van der Waals surface area contributed by atoms with Gasteiger partial charge in [0.25, 0.3) is 0 Å². The molecule has 0 aliphatic heterocycles. The molecular formula is C14H21NO. The Morgan fingerprint density at radius 3 is 2.44 bits per heavy atom. The van der Waals surface area contributed by atoms with Crippen LogP contribution in [0.5, 0.6) is 5.75 Å². The van der Waals surface area contributed by atoms with Crippen molar-refractivity contribution in [3.63, 3.8) is 0 Å². The lowest BCUT2D eigenvalue weighted by Gasteiger charge is -2.20. The topological polar surface area (TPSA) is 21.3 Å². The van der Waals surface area contributed by atoms with Crippen LogP contribution >= 0.6 is 0 Å². The third-order valence-corrected chi connectivity index (χ3v) is 2.74. The van der Waals surface area contributed by atoms with Gasteiger partial charge in [-0.1, -0.05) is 25.1 Å². The molecule has 0 aliphatic rings. The third-order valence-electron chi connectivity index (χ3n) is 2.74. The van der Waals surface area contributed by atoms with Crippen molar-refractivity contribution < 1.29 is 4.74 Å². The van der Waals surface area contributed by atoms with E-state index in [2.05, 4.69) is 37.9 Å². The van der Waals surface area contributed by atoms with Crippen LogP contribution in [0.1, 0.15) is 31.9 Å². The molecule has 1 aromatic rings. The van der Waals surface area contributed by atoms with Crippen LogP contribution in [0.3, 0.4) is 0 Å². The molecule has 0 radical (unpaired) electrons. The summed E-state index contributed by atoms with van der Waals surface area (Å²) < 4.78 is 5.15. The van der Waals surface area contributed by atoms with Crippen LogP contribution in [0.25, 0.3) is 0 Å². The average Bonchev–Trinajstić information content (AvgIpc) is 2.35. The lowest BCUT2D eigenvalue weighted by atomic mass is 10.0. The Morgan fingerprint density at radius 1 is 1.38 bits per heavy atom. The van der Waals surface area contributed by atoms with Crippen LogP contribution in [-0.2, 0) is 0 Å². The maximum atomic E-state index is 5.15. The van der Waals surface area contributed by atoms with Gasteiger partial charge < -0.3 is 10.1 Å². The summed E-state index contributed by atoms with van der Waals surface area (Å²) in [5.41, 5.74) is 1.29. The Kier molecular flexibility index (Phi) is 5.06. The van der Waals surface area contributed by atoms with Crippen molar-refractivity contribution in [2.45, 2.75) is 32.4 Å². The number of benzene rings is 1. The summed E-state index contributed by atoms with van der Waals surface area (Å²) in [5.74, 6) is 0.898. The molecule has 2 heteroatoms. The third kappa shape index (κ3) is 3.38. The predicted octanol–water partition coefficient (Wildman–Crippen LogP) is 3.31. The summed E-state index contributed by atoms with van der Waals surface area (Å²) in [4.78, 5) is 0. The van der Waals surface area contributed by atoms with E-state index in [0.717, 1.165) is 12.2 Å². The molecule has 88 valence electrons. The van der Waals surface area contributed by atoms with Crippen LogP contribution in [0.4, 0.5) is 0 Å². The second-order valence-corrected chi connectivity index (χ2v) is 3.93. The summed E-state index contributed by atoms with van der Waals surface area (Å²) in [6.07, 6.45) is 2.98. The van der Waals surface area contributed by atoms with E-state index < -0.39 is 0 Å². The quantitative estimate of drug-likeness (QED) is 0.741. The smallest absolute Gasteiger partial charge is 0.118 e. The van der Waals surface area contributed by atoms with Crippen molar-refractivity contribution in [2.24, 2.45) is 0 Å². The lowest BCUT2D eigenvalue weighted by Crippen LogP contribution is -2.28. The highest BCUT2D eigenvalue weighted by atomic mass is 16.5. The SMILES string of the molecule is C=CC(C)NC(CC)c1ccc(OC)cc1. The van der Waals surface area contributed by atoms with Gasteiger partial charge in [0.1, 0.15) is 5.75 Å². The lowest BCUT2D eigenvalue weighted by molar-refractivity contribution is 0.414. The molecule has 2 nitrogen and oxygen atoms in total. The highest BCUT2D eigenvalue weighted by molar-refractivity contribution is 5.29. The molecule has 0 fully saturated rings. The van der Waals surface area contributed by atoms with E-state index in [4.69, 9.17) is 4.74 Å². The molecule has 1 rings (SSSR count). The highest BCUT2D eigenvalue weighted by Gasteiger charge is 2.10. The monoisotopic (exact) mass is 219 g/mol. The number of methoxy groups -OCH3 is 1. The fourth-order valence-electron chi connectivity index (χ4n) is 1.67. The summed E-state index contributed by atoms with van der Waals surface area (Å²) in [7, 11) is 1.68. The van der Waals surface area contributed by atoms with Crippen LogP contribution in [0.15, 0.2) is 36.9 Å². The molecule has 1 N–H and O–H groups in total. The van der Waals surface area contributed by atoms with Crippen molar-refractivity contribution in [1.82, 2.24) is 5.32 Å². The van der Waals surface area contributed by atoms with E-state index in [0.29, 0.717) is 12.1 Å². The molecule has 0 bridgehead atoms. The molecule has 0 aliphatic carbocycles. The number of hydrogen-bond donors (Lipinski definition) is 1. The number of hydrogen-bond acceptors (Lipinski definition) is 2. The van der Waals surface area contributed by atoms with Crippen molar-refractivity contribution in [3.05, 3.63) is 42.5 Å². The van der Waals surface area contributed by atoms with E-state index in [1.165, 1.54) is 5.56 Å². The fraction of sp³-hybridized carbons (Fsp3) is 0.429. The van der Waals surface area contributed by atoms with E-state index in [9.17, 15) is 0 Å². The van der Waals surface area contributed by atoms with Crippen molar-refractivity contribution in [3.8, 4) is 5.75 Å². The molecule has 0 heterocycles. The van der Waals surface area contributed by atoms with Gasteiger partial charge >= 0.3 is 0 Å². The van der Waals surface area contributed by atoms with E-state index in [1.807, 2.05) is 18.2 Å². The number of ether oxygens (including phenoxy) is 1. The van der Waals surface area contributed by atoms with Crippen LogP contribution < -0.4 is 10.1 Å². The first kappa shape index (κ1) is 12.8. The van der Waals surface area contributed by atoms with Gasteiger partial charge in [-0.05, 0) is 31.0 Å². The van der Waals surface area contributed by atoms with Crippen molar-refractivity contribution in [2.75, 3.05) is 7.11 Å². The Morgan fingerprint density at radius 2 is 2.00 bits per heavy atom. The first-order chi connectivity index (χ1) is 7.71. The van der Waals surface area contributed by atoms with Crippen LogP contribution in [0.2, 0.25) is 0 Å². The van der Waals surface area contributed by atoms with Gasteiger partial charge in [-0.15, -0.1) is 6.58 Å². The first-order valence-electron chi connectivity index (χ1n) is 5.73. The zero-order valence-electron chi connectivity index (χ0n) is 10.4. The molecule has 0 aromatic heterocycles. The summed E-state index contributed by atoms with van der Waals surface area (Å²) in [5, 5.41) is 3.51. The van der Waals surface area contributed by atoms with E-state index in [-0.39, 0.29) is 0 Å². The highest BCUT2D eigenvalue weighted by Crippen LogP contribution is 2.20. The van der Waals surface area contributed by atoms with Crippen molar-refractivity contribution >= 4 is 0 Å². The Balaban J connectivity index is 2.74. The second-order valence-electron chi connectivity index (χ2n) is 3.93. The molecule has 0 amide bonds. The van der Waals surface area contributed by atoms with Crippen LogP contribution in [0, 0.1) is 0 Å². The van der Waals surface area contributed by atoms with Crippen LogP contribution in [-0.4, -0.2) is 13.2 Å². The van der Waals surface area contributed by atoms with Gasteiger partial charge in [-0.2, -0.15) is 0 Å². The molecule has 1 aromatic carbocycles. The zero-order chi connectivity index (χ0) is 12.0. The molecule has 16 heavy (non-hydrogen) atoms. The number of rotatable bonds is 6. The van der Waals surface area contributed by atoms with E-state index in [1.54, 1.807) is 7.11 Å². The molecule has 2 unspecified atom stereocenters. The summed E-state index contributed by atoms with van der Waals surface area (Å²) >= 11 is 0. The maximum Gasteiger partial charge on any atom is 0.118 e. The van der Waals surface area contributed by atoms with Gasteiger partial charge in [0.05, 0.1) is 7.11 Å². The minimum absolute atomic E-state index is 0.326.